The zero-order chi connectivity index (χ0) is 30.4. The Labute approximate surface area is 242 Å². The van der Waals surface area contributed by atoms with E-state index in [-0.39, 0.29) is 28.8 Å². The summed E-state index contributed by atoms with van der Waals surface area (Å²) in [5.41, 5.74) is -0.0144. The number of anilines is 1. The fourth-order valence-electron chi connectivity index (χ4n) is 3.85. The lowest BCUT2D eigenvalue weighted by molar-refractivity contribution is -0.137. The average molecular weight is 605 g/mol. The van der Waals surface area contributed by atoms with Crippen LogP contribution in [-0.4, -0.2) is 42.2 Å². The summed E-state index contributed by atoms with van der Waals surface area (Å²) in [4.78, 5) is 38.9. The molecule has 13 heteroatoms. The SMILES string of the molecule is CCOc1cc(/C=C2\SC(=O)N(CC(=O)Nc3cc(C(F)(F)F)ccc3OC)C2=O)ccc1OCc1ccc(F)cc1. The molecule has 220 valence electrons. The number of carbonyl (C=O) groups is 3. The third kappa shape index (κ3) is 7.40. The van der Waals surface area contributed by atoms with Crippen molar-refractivity contribution in [3.63, 3.8) is 0 Å². The highest BCUT2D eigenvalue weighted by atomic mass is 32.2. The normalized spacial score (nSPS) is 14.3. The van der Waals surface area contributed by atoms with Crippen LogP contribution in [0.3, 0.4) is 0 Å². The van der Waals surface area contributed by atoms with Gasteiger partial charge in [-0.2, -0.15) is 13.2 Å². The molecule has 1 N–H and O–H groups in total. The summed E-state index contributed by atoms with van der Waals surface area (Å²) in [5, 5.41) is 1.55. The minimum absolute atomic E-state index is 0.0272. The summed E-state index contributed by atoms with van der Waals surface area (Å²) in [6.07, 6.45) is -3.21. The summed E-state index contributed by atoms with van der Waals surface area (Å²) in [6, 6.07) is 13.3. The van der Waals surface area contributed by atoms with E-state index >= 15 is 0 Å². The Morgan fingerprint density at radius 1 is 0.976 bits per heavy atom. The number of hydrogen-bond donors (Lipinski definition) is 1. The fourth-order valence-corrected chi connectivity index (χ4v) is 4.68. The van der Waals surface area contributed by atoms with Crippen molar-refractivity contribution in [1.29, 1.82) is 0 Å². The number of ether oxygens (including phenoxy) is 3. The summed E-state index contributed by atoms with van der Waals surface area (Å²) in [6.45, 7) is 1.54. The molecule has 0 aromatic heterocycles. The molecule has 3 aromatic carbocycles. The smallest absolute Gasteiger partial charge is 0.416 e. The van der Waals surface area contributed by atoms with Crippen LogP contribution in [0, 0.1) is 5.82 Å². The first-order valence-corrected chi connectivity index (χ1v) is 13.2. The third-order valence-corrected chi connectivity index (χ3v) is 6.76. The molecule has 0 atom stereocenters. The molecule has 3 amide bonds. The maximum Gasteiger partial charge on any atom is 0.416 e. The number of methoxy groups -OCH3 is 1. The average Bonchev–Trinajstić information content (AvgIpc) is 3.20. The lowest BCUT2D eigenvalue weighted by atomic mass is 10.1. The van der Waals surface area contributed by atoms with Crippen molar-refractivity contribution < 1.29 is 46.2 Å². The van der Waals surface area contributed by atoms with E-state index in [0.717, 1.165) is 17.7 Å². The zero-order valence-corrected chi connectivity index (χ0v) is 23.1. The van der Waals surface area contributed by atoms with Crippen molar-refractivity contribution >= 4 is 40.6 Å². The zero-order valence-electron chi connectivity index (χ0n) is 22.3. The van der Waals surface area contributed by atoms with E-state index in [4.69, 9.17) is 14.2 Å². The molecule has 8 nitrogen and oxygen atoms in total. The van der Waals surface area contributed by atoms with Gasteiger partial charge in [0.1, 0.15) is 24.7 Å². The highest BCUT2D eigenvalue weighted by Gasteiger charge is 2.37. The van der Waals surface area contributed by atoms with Gasteiger partial charge in [-0.05, 0) is 78.4 Å². The van der Waals surface area contributed by atoms with Gasteiger partial charge in [0, 0.05) is 0 Å². The first kappa shape index (κ1) is 30.4. The Balaban J connectivity index is 1.46. The molecule has 1 aliphatic heterocycles. The first-order valence-electron chi connectivity index (χ1n) is 12.4. The number of alkyl halides is 3. The minimum atomic E-state index is -4.65. The van der Waals surface area contributed by atoms with E-state index in [1.165, 1.54) is 25.3 Å². The summed E-state index contributed by atoms with van der Waals surface area (Å²) >= 11 is 0.613. The topological polar surface area (TPSA) is 94.2 Å². The van der Waals surface area contributed by atoms with Crippen molar-refractivity contribution in [2.45, 2.75) is 19.7 Å². The van der Waals surface area contributed by atoms with Crippen LogP contribution >= 0.6 is 11.8 Å². The van der Waals surface area contributed by atoms with Crippen molar-refractivity contribution in [2.24, 2.45) is 0 Å². The van der Waals surface area contributed by atoms with E-state index in [0.29, 0.717) is 46.4 Å². The predicted molar refractivity (Wildman–Crippen MR) is 148 cm³/mol. The lowest BCUT2D eigenvalue weighted by Gasteiger charge is -2.16. The van der Waals surface area contributed by atoms with Crippen LogP contribution in [0.1, 0.15) is 23.6 Å². The van der Waals surface area contributed by atoms with Crippen LogP contribution in [0.15, 0.2) is 65.6 Å². The molecule has 3 aromatic rings. The molecule has 0 radical (unpaired) electrons. The van der Waals surface area contributed by atoms with Crippen molar-refractivity contribution in [1.82, 2.24) is 4.90 Å². The summed E-state index contributed by atoms with van der Waals surface area (Å²) in [7, 11) is 1.22. The number of nitrogens with one attached hydrogen (secondary N) is 1. The monoisotopic (exact) mass is 604 g/mol. The maximum absolute atomic E-state index is 13.2. The number of thioether (sulfide) groups is 1. The molecule has 1 saturated heterocycles. The molecule has 0 aliphatic carbocycles. The fraction of sp³-hybridized carbons (Fsp3) is 0.207. The van der Waals surface area contributed by atoms with Gasteiger partial charge in [0.25, 0.3) is 11.1 Å². The van der Waals surface area contributed by atoms with Gasteiger partial charge in [0.15, 0.2) is 11.5 Å². The van der Waals surface area contributed by atoms with Crippen molar-refractivity contribution in [2.75, 3.05) is 25.6 Å². The molecule has 1 fully saturated rings. The van der Waals surface area contributed by atoms with Gasteiger partial charge in [0.2, 0.25) is 5.91 Å². The number of imide groups is 1. The molecular formula is C29H24F4N2O6S. The number of amides is 3. The number of carbonyl (C=O) groups excluding carboxylic acids is 3. The van der Waals surface area contributed by atoms with E-state index in [2.05, 4.69) is 5.32 Å². The van der Waals surface area contributed by atoms with Gasteiger partial charge in [-0.1, -0.05) is 18.2 Å². The van der Waals surface area contributed by atoms with Gasteiger partial charge in [-0.25, -0.2) is 4.39 Å². The Hall–Kier alpha value is -4.52. The second kappa shape index (κ2) is 13.0. The Bertz CT molecular complexity index is 1530. The quantitative estimate of drug-likeness (QED) is 0.208. The highest BCUT2D eigenvalue weighted by molar-refractivity contribution is 8.18. The minimum Gasteiger partial charge on any atom is -0.495 e. The number of rotatable bonds is 10. The summed E-state index contributed by atoms with van der Waals surface area (Å²) in [5.74, 6) is -1.24. The van der Waals surface area contributed by atoms with E-state index in [9.17, 15) is 31.9 Å². The number of hydrogen-bond acceptors (Lipinski definition) is 7. The number of benzene rings is 3. The van der Waals surface area contributed by atoms with E-state index in [1.807, 2.05) is 0 Å². The lowest BCUT2D eigenvalue weighted by Crippen LogP contribution is -2.36. The van der Waals surface area contributed by atoms with Gasteiger partial charge < -0.3 is 19.5 Å². The van der Waals surface area contributed by atoms with Crippen molar-refractivity contribution in [3.05, 3.63) is 88.1 Å². The van der Waals surface area contributed by atoms with Gasteiger partial charge >= 0.3 is 6.18 Å². The second-order valence-corrected chi connectivity index (χ2v) is 9.78. The van der Waals surface area contributed by atoms with Crippen LogP contribution < -0.4 is 19.5 Å². The molecule has 4 rings (SSSR count). The number of halogens is 4. The van der Waals surface area contributed by atoms with Gasteiger partial charge in [-0.3, -0.25) is 19.3 Å². The largest absolute Gasteiger partial charge is 0.495 e. The van der Waals surface area contributed by atoms with E-state index in [1.54, 1.807) is 37.3 Å². The molecule has 0 unspecified atom stereocenters. The molecular weight excluding hydrogens is 580 g/mol. The predicted octanol–water partition coefficient (Wildman–Crippen LogP) is 6.51. The highest BCUT2D eigenvalue weighted by Crippen LogP contribution is 2.37. The van der Waals surface area contributed by atoms with Crippen molar-refractivity contribution in [3.8, 4) is 17.2 Å². The molecule has 0 spiro atoms. The van der Waals surface area contributed by atoms with Crippen LogP contribution in [-0.2, 0) is 22.4 Å². The third-order valence-electron chi connectivity index (χ3n) is 5.85. The van der Waals surface area contributed by atoms with E-state index < -0.39 is 35.3 Å². The summed E-state index contributed by atoms with van der Waals surface area (Å²) < 4.78 is 69.0. The standard InChI is InChI=1S/C29H24F4N2O6S/c1-3-40-24-12-18(6-10-23(24)41-16-17-4-8-20(30)9-5-17)13-25-27(37)35(28(38)42-25)15-26(36)34-21-14-19(29(31,32)33)7-11-22(21)39-2/h4-14H,3,15-16H2,1-2H3,(H,34,36)/b25-13-. The Morgan fingerprint density at radius 2 is 1.69 bits per heavy atom. The molecule has 0 bridgehead atoms. The first-order chi connectivity index (χ1) is 20.0. The molecule has 42 heavy (non-hydrogen) atoms. The maximum atomic E-state index is 13.2. The Morgan fingerprint density at radius 3 is 2.36 bits per heavy atom. The van der Waals surface area contributed by atoms with Crippen LogP contribution in [0.2, 0.25) is 0 Å². The van der Waals surface area contributed by atoms with Crippen LogP contribution in [0.5, 0.6) is 17.2 Å². The van der Waals surface area contributed by atoms with Crippen LogP contribution in [0.25, 0.3) is 6.08 Å². The number of nitrogens with zero attached hydrogens (tertiary/aromatic N) is 1. The Kier molecular flexibility index (Phi) is 9.41. The molecule has 1 heterocycles. The second-order valence-electron chi connectivity index (χ2n) is 8.78. The van der Waals surface area contributed by atoms with Gasteiger partial charge in [0.05, 0.1) is 29.9 Å². The molecule has 0 saturated carbocycles. The van der Waals surface area contributed by atoms with Gasteiger partial charge in [-0.15, -0.1) is 0 Å². The molecule has 1 aliphatic rings. The van der Waals surface area contributed by atoms with Crippen LogP contribution in [0.4, 0.5) is 28.0 Å².